The smallest absolute Gasteiger partial charge is 0.261 e. The Kier molecular flexibility index (Phi) is 2.55. The predicted octanol–water partition coefficient (Wildman–Crippen LogP) is 4.18. The summed E-state index contributed by atoms with van der Waals surface area (Å²) in [5, 5.41) is 0. The summed E-state index contributed by atoms with van der Waals surface area (Å²) in [4.78, 5) is 11.7. The minimum Gasteiger partial charge on any atom is -0.337 e. The number of hydrogen-bond acceptors (Lipinski definition) is 3. The predicted molar refractivity (Wildman–Crippen MR) is 79.3 cm³/mol. The van der Waals surface area contributed by atoms with Gasteiger partial charge in [0.05, 0.1) is 6.10 Å². The fourth-order valence-corrected chi connectivity index (χ4v) is 5.15. The van der Waals surface area contributed by atoms with Crippen LogP contribution in [0.3, 0.4) is 0 Å². The first-order valence-corrected chi connectivity index (χ1v) is 7.98. The maximum atomic E-state index is 6.54. The first kappa shape index (κ1) is 13.7. The molecule has 2 saturated heterocycles. The fourth-order valence-electron chi connectivity index (χ4n) is 5.15. The highest BCUT2D eigenvalue weighted by molar-refractivity contribution is 5.34. The topological polar surface area (TPSA) is 27.7 Å². The van der Waals surface area contributed by atoms with Gasteiger partial charge in [-0.1, -0.05) is 64.4 Å². The molecule has 2 aliphatic heterocycles. The highest BCUT2D eigenvalue weighted by atomic mass is 17.3. The zero-order chi connectivity index (χ0) is 14.9. The van der Waals surface area contributed by atoms with E-state index in [1.807, 2.05) is 18.2 Å². The van der Waals surface area contributed by atoms with Crippen LogP contribution in [0.25, 0.3) is 0 Å². The van der Waals surface area contributed by atoms with Crippen molar-refractivity contribution in [1.29, 1.82) is 0 Å². The van der Waals surface area contributed by atoms with E-state index in [0.29, 0.717) is 0 Å². The van der Waals surface area contributed by atoms with Crippen LogP contribution in [0.5, 0.6) is 0 Å². The van der Waals surface area contributed by atoms with Gasteiger partial charge < -0.3 is 4.74 Å². The van der Waals surface area contributed by atoms with Crippen LogP contribution >= 0.6 is 0 Å². The highest BCUT2D eigenvalue weighted by Gasteiger charge is 2.85. The molecule has 114 valence electrons. The lowest BCUT2D eigenvalue weighted by atomic mass is 9.55. The molecule has 4 rings (SSSR count). The largest absolute Gasteiger partial charge is 0.337 e. The first-order valence-electron chi connectivity index (χ1n) is 7.98. The van der Waals surface area contributed by atoms with Crippen molar-refractivity contribution >= 4 is 0 Å². The van der Waals surface area contributed by atoms with Gasteiger partial charge in [0.25, 0.3) is 5.79 Å². The van der Waals surface area contributed by atoms with Crippen molar-refractivity contribution in [2.24, 2.45) is 10.8 Å². The third kappa shape index (κ3) is 1.32. The normalized spacial score (nSPS) is 45.0. The number of ether oxygens (including phenoxy) is 1. The lowest BCUT2D eigenvalue weighted by molar-refractivity contribution is -0.628. The minimum absolute atomic E-state index is 0.000653. The molecule has 3 heteroatoms. The zero-order valence-electron chi connectivity index (χ0n) is 13.3. The van der Waals surface area contributed by atoms with E-state index >= 15 is 0 Å². The van der Waals surface area contributed by atoms with Gasteiger partial charge in [-0.3, -0.25) is 0 Å². The van der Waals surface area contributed by atoms with Crippen LogP contribution in [0.15, 0.2) is 30.3 Å². The molecule has 3 aliphatic rings. The SMILES string of the molecule is CC(C)(C)[C@@]12OO[C@]1(c1ccccc1)O[C@H]1CCC[C@]12C. The van der Waals surface area contributed by atoms with E-state index in [4.69, 9.17) is 14.5 Å². The molecular weight excluding hydrogens is 264 g/mol. The molecule has 1 aliphatic carbocycles. The van der Waals surface area contributed by atoms with Gasteiger partial charge in [0.15, 0.2) is 5.60 Å². The summed E-state index contributed by atoms with van der Waals surface area (Å²) in [5.74, 6) is -0.758. The molecule has 0 amide bonds. The second-order valence-electron chi connectivity index (χ2n) is 8.00. The molecule has 3 nitrogen and oxygen atoms in total. The molecule has 0 unspecified atom stereocenters. The summed E-state index contributed by atoms with van der Waals surface area (Å²) in [6, 6.07) is 10.3. The Bertz CT molecular complexity index is 564. The average molecular weight is 288 g/mol. The van der Waals surface area contributed by atoms with Crippen LogP contribution in [-0.4, -0.2) is 11.7 Å². The van der Waals surface area contributed by atoms with Crippen molar-refractivity contribution in [2.75, 3.05) is 0 Å². The van der Waals surface area contributed by atoms with E-state index in [9.17, 15) is 0 Å². The number of benzene rings is 1. The molecule has 1 saturated carbocycles. The van der Waals surface area contributed by atoms with Crippen molar-refractivity contribution in [2.45, 2.75) is 64.4 Å². The third-order valence-corrected chi connectivity index (χ3v) is 5.94. The van der Waals surface area contributed by atoms with Crippen LogP contribution in [0, 0.1) is 10.8 Å². The molecule has 1 aromatic carbocycles. The Balaban J connectivity index is 1.93. The fraction of sp³-hybridized carbons (Fsp3) is 0.667. The minimum atomic E-state index is -0.758. The molecule has 1 aromatic rings. The lowest BCUT2D eigenvalue weighted by Gasteiger charge is -2.61. The summed E-state index contributed by atoms with van der Waals surface area (Å²) in [6.07, 6.45) is 3.63. The van der Waals surface area contributed by atoms with E-state index in [1.54, 1.807) is 0 Å². The Labute approximate surface area is 126 Å². The Morgan fingerprint density at radius 3 is 2.38 bits per heavy atom. The van der Waals surface area contributed by atoms with Gasteiger partial charge in [0.1, 0.15) is 0 Å². The molecule has 0 N–H and O–H groups in total. The number of hydrogen-bond donors (Lipinski definition) is 0. The maximum absolute atomic E-state index is 6.54. The van der Waals surface area contributed by atoms with Gasteiger partial charge >= 0.3 is 0 Å². The van der Waals surface area contributed by atoms with Crippen LogP contribution in [0.2, 0.25) is 0 Å². The molecule has 4 atom stereocenters. The van der Waals surface area contributed by atoms with Crippen LogP contribution < -0.4 is 0 Å². The van der Waals surface area contributed by atoms with Gasteiger partial charge in [-0.2, -0.15) is 4.89 Å². The molecule has 3 fully saturated rings. The second kappa shape index (κ2) is 3.89. The quantitative estimate of drug-likeness (QED) is 0.726. The summed E-state index contributed by atoms with van der Waals surface area (Å²) >= 11 is 0. The Hall–Kier alpha value is -0.900. The molecule has 2 heterocycles. The third-order valence-electron chi connectivity index (χ3n) is 5.94. The van der Waals surface area contributed by atoms with E-state index in [2.05, 4.69) is 39.8 Å². The van der Waals surface area contributed by atoms with Gasteiger partial charge in [-0.05, 0) is 12.8 Å². The van der Waals surface area contributed by atoms with Gasteiger partial charge in [0, 0.05) is 16.4 Å². The standard InChI is InChI=1S/C18H24O3/c1-15(2,3)18-16(4)12-8-11-14(16)19-17(18,20-21-18)13-9-6-5-7-10-13/h5-7,9-10,14H,8,11-12H2,1-4H3/t14-,16+,17-,18-/m0/s1. The second-order valence-corrected chi connectivity index (χ2v) is 8.00. The molecule has 0 aromatic heterocycles. The van der Waals surface area contributed by atoms with Crippen molar-refractivity contribution in [3.8, 4) is 0 Å². The van der Waals surface area contributed by atoms with Crippen molar-refractivity contribution in [1.82, 2.24) is 0 Å². The Morgan fingerprint density at radius 2 is 1.81 bits per heavy atom. The van der Waals surface area contributed by atoms with E-state index in [0.717, 1.165) is 18.4 Å². The van der Waals surface area contributed by atoms with Crippen molar-refractivity contribution in [3.63, 3.8) is 0 Å². The zero-order valence-corrected chi connectivity index (χ0v) is 13.3. The monoisotopic (exact) mass is 288 g/mol. The molecular formula is C18H24O3. The summed E-state index contributed by atoms with van der Waals surface area (Å²) in [5.41, 5.74) is 0.561. The average Bonchev–Trinajstić information content (AvgIpc) is 2.81. The van der Waals surface area contributed by atoms with E-state index in [1.165, 1.54) is 6.42 Å². The van der Waals surface area contributed by atoms with E-state index < -0.39 is 11.4 Å². The van der Waals surface area contributed by atoms with Crippen LogP contribution in [-0.2, 0) is 20.3 Å². The van der Waals surface area contributed by atoms with Crippen LogP contribution in [0.1, 0.15) is 52.5 Å². The maximum Gasteiger partial charge on any atom is 0.261 e. The van der Waals surface area contributed by atoms with Gasteiger partial charge in [0.2, 0.25) is 0 Å². The first-order chi connectivity index (χ1) is 9.87. The molecule has 0 radical (unpaired) electrons. The number of rotatable bonds is 1. The van der Waals surface area contributed by atoms with Gasteiger partial charge in [-0.15, -0.1) is 0 Å². The summed E-state index contributed by atoms with van der Waals surface area (Å²) in [6.45, 7) is 9.04. The summed E-state index contributed by atoms with van der Waals surface area (Å²) in [7, 11) is 0. The number of fused-ring (bicyclic) bond motifs is 3. The van der Waals surface area contributed by atoms with Gasteiger partial charge in [-0.25, -0.2) is 4.89 Å². The van der Waals surface area contributed by atoms with Crippen LogP contribution in [0.4, 0.5) is 0 Å². The summed E-state index contributed by atoms with van der Waals surface area (Å²) < 4.78 is 6.54. The lowest BCUT2D eigenvalue weighted by Crippen LogP contribution is -2.73. The highest BCUT2D eigenvalue weighted by Crippen LogP contribution is 2.74. The molecule has 0 bridgehead atoms. The molecule has 0 spiro atoms. The molecule has 21 heavy (non-hydrogen) atoms. The van der Waals surface area contributed by atoms with E-state index in [-0.39, 0.29) is 16.9 Å². The van der Waals surface area contributed by atoms with Crippen molar-refractivity contribution in [3.05, 3.63) is 35.9 Å². The Morgan fingerprint density at radius 1 is 1.10 bits per heavy atom. The van der Waals surface area contributed by atoms with Crippen molar-refractivity contribution < 1.29 is 14.5 Å².